The minimum absolute atomic E-state index is 0.221. The number of nitrogens with zero attached hydrogens (tertiary/aromatic N) is 3. The third-order valence-corrected chi connectivity index (χ3v) is 4.97. The summed E-state index contributed by atoms with van der Waals surface area (Å²) in [5.74, 6) is 0.680. The second-order valence-corrected chi connectivity index (χ2v) is 7.10. The molecule has 4 aromatic rings. The highest BCUT2D eigenvalue weighted by Crippen LogP contribution is 2.31. The summed E-state index contributed by atoms with van der Waals surface area (Å²) in [6.07, 6.45) is -2.31. The van der Waals surface area contributed by atoms with Crippen LogP contribution < -0.4 is 10.1 Å². The Hall–Kier alpha value is -3.88. The van der Waals surface area contributed by atoms with Gasteiger partial charge in [-0.15, -0.1) is 10.2 Å². The molecule has 2 aromatic heterocycles. The number of carbonyl (C=O) groups is 1. The molecule has 32 heavy (non-hydrogen) atoms. The number of benzene rings is 2. The van der Waals surface area contributed by atoms with Crippen LogP contribution in [0.25, 0.3) is 17.0 Å². The molecule has 9 heteroatoms. The average molecular weight is 440 g/mol. The molecular formula is C23H19F3N4O2. The zero-order valence-corrected chi connectivity index (χ0v) is 17.1. The van der Waals surface area contributed by atoms with E-state index < -0.39 is 11.7 Å². The first-order valence-corrected chi connectivity index (χ1v) is 9.79. The zero-order chi connectivity index (χ0) is 22.7. The molecule has 1 amide bonds. The van der Waals surface area contributed by atoms with Crippen molar-refractivity contribution in [3.8, 4) is 17.1 Å². The van der Waals surface area contributed by atoms with E-state index in [0.717, 1.165) is 23.4 Å². The molecule has 0 aliphatic rings. The molecule has 0 saturated carbocycles. The number of carbonyl (C=O) groups excluding carboxylic acids is 1. The third-order valence-electron chi connectivity index (χ3n) is 4.97. The normalized spacial score (nSPS) is 11.5. The van der Waals surface area contributed by atoms with Gasteiger partial charge in [-0.05, 0) is 48.4 Å². The van der Waals surface area contributed by atoms with Crippen LogP contribution in [0.1, 0.15) is 21.5 Å². The Labute approximate surface area is 181 Å². The molecule has 2 aromatic carbocycles. The number of alkyl halides is 3. The lowest BCUT2D eigenvalue weighted by molar-refractivity contribution is -0.137. The SMILES string of the molecule is COc1ccc(CCNC(=O)c2ccc3nnc(-c4cccc(C(F)(F)F)c4)n3c2)cc1. The molecule has 0 unspecified atom stereocenters. The van der Waals surface area contributed by atoms with E-state index in [1.807, 2.05) is 24.3 Å². The predicted molar refractivity (Wildman–Crippen MR) is 112 cm³/mol. The number of aromatic nitrogens is 3. The lowest BCUT2D eigenvalue weighted by atomic mass is 10.1. The monoisotopic (exact) mass is 440 g/mol. The first kappa shape index (κ1) is 21.4. The van der Waals surface area contributed by atoms with Gasteiger partial charge in [0.25, 0.3) is 5.91 Å². The van der Waals surface area contributed by atoms with Gasteiger partial charge in [-0.25, -0.2) is 0 Å². The average Bonchev–Trinajstić information content (AvgIpc) is 3.22. The summed E-state index contributed by atoms with van der Waals surface area (Å²) in [6, 6.07) is 15.6. The molecule has 0 fully saturated rings. The van der Waals surface area contributed by atoms with Crippen molar-refractivity contribution in [2.45, 2.75) is 12.6 Å². The molecule has 0 bridgehead atoms. The van der Waals surface area contributed by atoms with Gasteiger partial charge in [0.1, 0.15) is 5.75 Å². The van der Waals surface area contributed by atoms with Crippen LogP contribution in [0.15, 0.2) is 66.9 Å². The predicted octanol–water partition coefficient (Wildman–Crippen LogP) is 4.40. The fourth-order valence-electron chi connectivity index (χ4n) is 3.27. The summed E-state index contributed by atoms with van der Waals surface area (Å²) in [7, 11) is 1.60. The Morgan fingerprint density at radius 1 is 1.06 bits per heavy atom. The molecule has 0 aliphatic heterocycles. The Morgan fingerprint density at radius 2 is 1.84 bits per heavy atom. The topological polar surface area (TPSA) is 68.5 Å². The van der Waals surface area contributed by atoms with Gasteiger partial charge in [0, 0.05) is 18.3 Å². The highest BCUT2D eigenvalue weighted by molar-refractivity contribution is 5.94. The van der Waals surface area contributed by atoms with Crippen LogP contribution in [-0.2, 0) is 12.6 Å². The number of hydrogen-bond donors (Lipinski definition) is 1. The number of ether oxygens (including phenoxy) is 1. The standard InChI is InChI=1S/C23H19F3N4O2/c1-32-19-8-5-15(6-9-19)11-12-27-22(31)17-7-10-20-28-29-21(30(20)14-17)16-3-2-4-18(13-16)23(24,25)26/h2-10,13-14H,11-12H2,1H3,(H,27,31). The maximum absolute atomic E-state index is 13.1. The van der Waals surface area contributed by atoms with E-state index in [1.165, 1.54) is 22.7 Å². The summed E-state index contributed by atoms with van der Waals surface area (Å²) in [5, 5.41) is 10.8. The van der Waals surface area contributed by atoms with Gasteiger partial charge in [0.05, 0.1) is 18.2 Å². The first-order chi connectivity index (χ1) is 15.3. The van der Waals surface area contributed by atoms with E-state index in [-0.39, 0.29) is 17.3 Å². The Morgan fingerprint density at radius 3 is 2.56 bits per heavy atom. The molecule has 1 N–H and O–H groups in total. The fourth-order valence-corrected chi connectivity index (χ4v) is 3.27. The van der Waals surface area contributed by atoms with E-state index in [1.54, 1.807) is 19.2 Å². The molecule has 2 heterocycles. The van der Waals surface area contributed by atoms with E-state index in [2.05, 4.69) is 15.5 Å². The molecule has 0 atom stereocenters. The van der Waals surface area contributed by atoms with Crippen molar-refractivity contribution in [3.63, 3.8) is 0 Å². The van der Waals surface area contributed by atoms with E-state index in [0.29, 0.717) is 24.2 Å². The number of methoxy groups -OCH3 is 1. The molecule has 0 radical (unpaired) electrons. The maximum Gasteiger partial charge on any atom is 0.416 e. The van der Waals surface area contributed by atoms with Crippen molar-refractivity contribution in [3.05, 3.63) is 83.6 Å². The van der Waals surface area contributed by atoms with Gasteiger partial charge in [-0.1, -0.05) is 24.3 Å². The number of halogens is 3. The summed E-state index contributed by atoms with van der Waals surface area (Å²) in [4.78, 5) is 12.6. The highest BCUT2D eigenvalue weighted by Gasteiger charge is 2.30. The molecule has 6 nitrogen and oxygen atoms in total. The lowest BCUT2D eigenvalue weighted by Gasteiger charge is -2.09. The second-order valence-electron chi connectivity index (χ2n) is 7.10. The van der Waals surface area contributed by atoms with Crippen molar-refractivity contribution in [2.75, 3.05) is 13.7 Å². The molecule has 0 saturated heterocycles. The van der Waals surface area contributed by atoms with E-state index in [4.69, 9.17) is 4.74 Å². The molecule has 0 spiro atoms. The summed E-state index contributed by atoms with van der Waals surface area (Å²) in [5.41, 5.74) is 1.29. The largest absolute Gasteiger partial charge is 0.497 e. The molecule has 0 aliphatic carbocycles. The third kappa shape index (κ3) is 4.56. The molecule has 164 valence electrons. The van der Waals surface area contributed by atoms with Crippen molar-refractivity contribution >= 4 is 11.6 Å². The van der Waals surface area contributed by atoms with Gasteiger partial charge in [0.2, 0.25) is 0 Å². The van der Waals surface area contributed by atoms with Crippen molar-refractivity contribution in [2.24, 2.45) is 0 Å². The lowest BCUT2D eigenvalue weighted by Crippen LogP contribution is -2.25. The van der Waals surface area contributed by atoms with E-state index in [9.17, 15) is 18.0 Å². The van der Waals surface area contributed by atoms with Crippen molar-refractivity contribution in [1.82, 2.24) is 19.9 Å². The minimum Gasteiger partial charge on any atom is -0.497 e. The summed E-state index contributed by atoms with van der Waals surface area (Å²) >= 11 is 0. The van der Waals surface area contributed by atoms with Gasteiger partial charge >= 0.3 is 6.18 Å². The van der Waals surface area contributed by atoms with Crippen LogP contribution in [0, 0.1) is 0 Å². The van der Waals surface area contributed by atoms with Gasteiger partial charge < -0.3 is 10.1 Å². The van der Waals surface area contributed by atoms with Crippen LogP contribution in [-0.4, -0.2) is 34.2 Å². The van der Waals surface area contributed by atoms with Crippen LogP contribution in [0.3, 0.4) is 0 Å². The van der Waals surface area contributed by atoms with Crippen molar-refractivity contribution < 1.29 is 22.7 Å². The van der Waals surface area contributed by atoms with Crippen LogP contribution >= 0.6 is 0 Å². The quantitative estimate of drug-likeness (QED) is 0.483. The van der Waals surface area contributed by atoms with Crippen LogP contribution in [0.2, 0.25) is 0 Å². The maximum atomic E-state index is 13.1. The second kappa shape index (κ2) is 8.70. The van der Waals surface area contributed by atoms with Gasteiger partial charge in [-0.3, -0.25) is 9.20 Å². The number of nitrogens with one attached hydrogen (secondary N) is 1. The van der Waals surface area contributed by atoms with Crippen LogP contribution in [0.5, 0.6) is 5.75 Å². The first-order valence-electron chi connectivity index (χ1n) is 9.79. The number of fused-ring (bicyclic) bond motifs is 1. The number of hydrogen-bond acceptors (Lipinski definition) is 4. The van der Waals surface area contributed by atoms with E-state index >= 15 is 0 Å². The van der Waals surface area contributed by atoms with Crippen molar-refractivity contribution in [1.29, 1.82) is 0 Å². The Bertz CT molecular complexity index is 1250. The number of amides is 1. The molecular weight excluding hydrogens is 421 g/mol. The highest BCUT2D eigenvalue weighted by atomic mass is 19.4. The van der Waals surface area contributed by atoms with Gasteiger partial charge in [-0.2, -0.15) is 13.2 Å². The molecule has 4 rings (SSSR count). The Balaban J connectivity index is 1.51. The van der Waals surface area contributed by atoms with Gasteiger partial charge in [0.15, 0.2) is 11.5 Å². The zero-order valence-electron chi connectivity index (χ0n) is 17.1. The minimum atomic E-state index is -4.47. The number of rotatable bonds is 6. The smallest absolute Gasteiger partial charge is 0.416 e. The van der Waals surface area contributed by atoms with Crippen LogP contribution in [0.4, 0.5) is 13.2 Å². The fraction of sp³-hybridized carbons (Fsp3) is 0.174. The summed E-state index contributed by atoms with van der Waals surface area (Å²) in [6.45, 7) is 0.422. The number of pyridine rings is 1. The Kier molecular flexibility index (Phi) is 5.81. The summed E-state index contributed by atoms with van der Waals surface area (Å²) < 4.78 is 45.8.